The Morgan fingerprint density at radius 1 is 1.31 bits per heavy atom. The summed E-state index contributed by atoms with van der Waals surface area (Å²) in [6, 6.07) is 4.40. The number of ether oxygens (including phenoxy) is 1. The summed E-state index contributed by atoms with van der Waals surface area (Å²) in [5, 5.41) is 0. The van der Waals surface area contributed by atoms with Crippen LogP contribution in [0.15, 0.2) is 15.9 Å². The second-order valence-corrected chi connectivity index (χ2v) is 6.90. The van der Waals surface area contributed by atoms with Gasteiger partial charge in [-0.15, -0.1) is 11.3 Å². The van der Waals surface area contributed by atoms with E-state index in [2.05, 4.69) is 28.1 Å². The molecule has 2 N–H and O–H groups in total. The van der Waals surface area contributed by atoms with Crippen molar-refractivity contribution in [2.24, 2.45) is 5.73 Å². The van der Waals surface area contributed by atoms with Crippen molar-refractivity contribution in [3.8, 4) is 0 Å². The number of thiophene rings is 1. The summed E-state index contributed by atoms with van der Waals surface area (Å²) in [5.41, 5.74) is 6.12. The van der Waals surface area contributed by atoms with Crippen molar-refractivity contribution in [2.75, 3.05) is 0 Å². The molecule has 1 aromatic rings. The van der Waals surface area contributed by atoms with E-state index in [9.17, 15) is 0 Å². The van der Waals surface area contributed by atoms with Gasteiger partial charge in [-0.1, -0.05) is 19.3 Å². The fourth-order valence-electron chi connectivity index (χ4n) is 2.13. The Labute approximate surface area is 109 Å². The molecular weight excluding hydrogens is 286 g/mol. The van der Waals surface area contributed by atoms with Crippen molar-refractivity contribution >= 4 is 27.3 Å². The fourth-order valence-corrected chi connectivity index (χ4v) is 3.53. The Hall–Kier alpha value is 0.1000. The maximum Gasteiger partial charge on any atom is 0.0814 e. The highest BCUT2D eigenvalue weighted by Crippen LogP contribution is 2.25. The van der Waals surface area contributed by atoms with Crippen LogP contribution in [0, 0.1) is 0 Å². The lowest BCUT2D eigenvalue weighted by atomic mass is 10.1. The maximum atomic E-state index is 6.12. The molecule has 0 aromatic carbocycles. The van der Waals surface area contributed by atoms with Crippen LogP contribution in [0.25, 0.3) is 0 Å². The summed E-state index contributed by atoms with van der Waals surface area (Å²) in [6.07, 6.45) is 6.30. The molecule has 16 heavy (non-hydrogen) atoms. The third-order valence-electron chi connectivity index (χ3n) is 3.07. The van der Waals surface area contributed by atoms with Gasteiger partial charge in [-0.2, -0.15) is 0 Å². The van der Waals surface area contributed by atoms with Gasteiger partial charge in [0, 0.05) is 10.9 Å². The molecule has 0 amide bonds. The van der Waals surface area contributed by atoms with Gasteiger partial charge in [0.2, 0.25) is 0 Å². The average molecular weight is 304 g/mol. The van der Waals surface area contributed by atoms with E-state index in [1.54, 1.807) is 11.3 Å². The third kappa shape index (κ3) is 3.55. The van der Waals surface area contributed by atoms with Gasteiger partial charge in [-0.25, -0.2) is 0 Å². The van der Waals surface area contributed by atoms with Crippen LogP contribution in [-0.4, -0.2) is 12.1 Å². The average Bonchev–Trinajstić information content (AvgIpc) is 2.56. The number of hydrogen-bond donors (Lipinski definition) is 1. The number of halogens is 1. The minimum absolute atomic E-state index is 0.228. The Morgan fingerprint density at radius 3 is 2.88 bits per heavy atom. The molecule has 1 aliphatic rings. The van der Waals surface area contributed by atoms with E-state index in [4.69, 9.17) is 10.5 Å². The van der Waals surface area contributed by atoms with E-state index in [0.29, 0.717) is 6.61 Å². The molecule has 0 saturated heterocycles. The van der Waals surface area contributed by atoms with Crippen LogP contribution in [0.1, 0.15) is 37.0 Å². The number of nitrogens with two attached hydrogens (primary N) is 1. The summed E-state index contributed by atoms with van der Waals surface area (Å²) in [6.45, 7) is 0.703. The Kier molecular flexibility index (Phi) is 4.82. The van der Waals surface area contributed by atoms with Crippen molar-refractivity contribution in [1.82, 2.24) is 0 Å². The molecule has 1 fully saturated rings. The summed E-state index contributed by atoms with van der Waals surface area (Å²) < 4.78 is 7.10. The van der Waals surface area contributed by atoms with E-state index < -0.39 is 0 Å². The molecule has 0 radical (unpaired) electrons. The smallest absolute Gasteiger partial charge is 0.0814 e. The number of rotatable bonds is 3. The number of hydrogen-bond acceptors (Lipinski definition) is 3. The predicted octanol–water partition coefficient (Wildman–Crippen LogP) is 3.69. The van der Waals surface area contributed by atoms with Gasteiger partial charge in [-0.3, -0.25) is 0 Å². The summed E-state index contributed by atoms with van der Waals surface area (Å²) >= 11 is 5.19. The highest BCUT2D eigenvalue weighted by Gasteiger charge is 2.20. The minimum atomic E-state index is 0.228. The van der Waals surface area contributed by atoms with Crippen molar-refractivity contribution in [2.45, 2.75) is 50.9 Å². The lowest BCUT2D eigenvalue weighted by Gasteiger charge is -2.21. The molecule has 1 aromatic heterocycles. The van der Waals surface area contributed by atoms with Crippen LogP contribution in [-0.2, 0) is 11.3 Å². The molecule has 1 saturated carbocycles. The van der Waals surface area contributed by atoms with Gasteiger partial charge in [-0.05, 0) is 40.9 Å². The van der Waals surface area contributed by atoms with Crippen LogP contribution in [0.3, 0.4) is 0 Å². The molecule has 1 aliphatic carbocycles. The van der Waals surface area contributed by atoms with Crippen molar-refractivity contribution < 1.29 is 4.74 Å². The summed E-state index contributed by atoms with van der Waals surface area (Å²) in [5.74, 6) is 0. The highest BCUT2D eigenvalue weighted by molar-refractivity contribution is 9.11. The zero-order valence-electron chi connectivity index (χ0n) is 9.32. The summed E-state index contributed by atoms with van der Waals surface area (Å²) in [4.78, 5) is 1.27. The quantitative estimate of drug-likeness (QED) is 0.864. The standard InChI is InChI=1S/C12H18BrNOS/c13-12-7-6-9(16-12)8-15-11-5-3-1-2-4-10(11)14/h6-7,10-11H,1-5,8,14H2. The zero-order chi connectivity index (χ0) is 11.4. The fraction of sp³-hybridized carbons (Fsp3) is 0.667. The molecule has 2 rings (SSSR count). The summed E-state index contributed by atoms with van der Waals surface area (Å²) in [7, 11) is 0. The van der Waals surface area contributed by atoms with Crippen LogP contribution in [0.4, 0.5) is 0 Å². The first-order valence-electron chi connectivity index (χ1n) is 5.87. The first kappa shape index (κ1) is 12.6. The molecule has 1 heterocycles. The topological polar surface area (TPSA) is 35.2 Å². The maximum absolute atomic E-state index is 6.12. The first-order valence-corrected chi connectivity index (χ1v) is 7.48. The van der Waals surface area contributed by atoms with E-state index in [1.165, 1.54) is 24.1 Å². The second-order valence-electron chi connectivity index (χ2n) is 4.36. The minimum Gasteiger partial charge on any atom is -0.371 e. The van der Waals surface area contributed by atoms with Gasteiger partial charge < -0.3 is 10.5 Å². The predicted molar refractivity (Wildman–Crippen MR) is 71.7 cm³/mol. The Balaban J connectivity index is 1.83. The molecular formula is C12H18BrNOS. The molecule has 0 spiro atoms. The van der Waals surface area contributed by atoms with Gasteiger partial charge in [0.15, 0.2) is 0 Å². The van der Waals surface area contributed by atoms with E-state index in [1.807, 2.05) is 0 Å². The molecule has 2 atom stereocenters. The Morgan fingerprint density at radius 2 is 2.12 bits per heavy atom. The van der Waals surface area contributed by atoms with Crippen LogP contribution in [0.5, 0.6) is 0 Å². The zero-order valence-corrected chi connectivity index (χ0v) is 11.7. The highest BCUT2D eigenvalue weighted by atomic mass is 79.9. The van der Waals surface area contributed by atoms with E-state index >= 15 is 0 Å². The normalized spacial score (nSPS) is 26.6. The lowest BCUT2D eigenvalue weighted by Crippen LogP contribution is -2.35. The van der Waals surface area contributed by atoms with Gasteiger partial charge >= 0.3 is 0 Å². The lowest BCUT2D eigenvalue weighted by molar-refractivity contribution is 0.0208. The van der Waals surface area contributed by atoms with Gasteiger partial charge in [0.25, 0.3) is 0 Å². The van der Waals surface area contributed by atoms with E-state index in [0.717, 1.165) is 16.6 Å². The van der Waals surface area contributed by atoms with Crippen LogP contribution in [0.2, 0.25) is 0 Å². The second kappa shape index (κ2) is 6.15. The Bertz CT molecular complexity index is 329. The molecule has 4 heteroatoms. The van der Waals surface area contributed by atoms with Gasteiger partial charge in [0.1, 0.15) is 0 Å². The van der Waals surface area contributed by atoms with Gasteiger partial charge in [0.05, 0.1) is 16.5 Å². The molecule has 2 nitrogen and oxygen atoms in total. The van der Waals surface area contributed by atoms with Crippen LogP contribution < -0.4 is 5.73 Å². The molecule has 90 valence electrons. The van der Waals surface area contributed by atoms with Crippen molar-refractivity contribution in [1.29, 1.82) is 0 Å². The SMILES string of the molecule is NC1CCCCCC1OCc1ccc(Br)s1. The van der Waals surface area contributed by atoms with Crippen molar-refractivity contribution in [3.05, 3.63) is 20.8 Å². The monoisotopic (exact) mass is 303 g/mol. The molecule has 2 unspecified atom stereocenters. The third-order valence-corrected chi connectivity index (χ3v) is 4.67. The first-order chi connectivity index (χ1) is 7.75. The molecule has 0 aliphatic heterocycles. The van der Waals surface area contributed by atoms with Crippen molar-refractivity contribution in [3.63, 3.8) is 0 Å². The molecule has 0 bridgehead atoms. The van der Waals surface area contributed by atoms with Crippen LogP contribution >= 0.6 is 27.3 Å². The largest absolute Gasteiger partial charge is 0.371 e. The van der Waals surface area contributed by atoms with E-state index in [-0.39, 0.29) is 12.1 Å².